The van der Waals surface area contributed by atoms with Crippen molar-refractivity contribution in [2.45, 2.75) is 26.8 Å². The summed E-state index contributed by atoms with van der Waals surface area (Å²) in [6.45, 7) is 4.67. The number of carbonyl (C=O) groups excluding carboxylic acids is 2. The summed E-state index contributed by atoms with van der Waals surface area (Å²) in [5.41, 5.74) is 6.32. The van der Waals surface area contributed by atoms with Gasteiger partial charge < -0.3 is 19.4 Å². The van der Waals surface area contributed by atoms with Crippen LogP contribution in [-0.4, -0.2) is 36.3 Å². The lowest BCUT2D eigenvalue weighted by Crippen LogP contribution is -2.21. The number of amides is 2. The molecule has 8 nitrogen and oxygen atoms in total. The number of carbonyl (C=O) groups is 2. The Morgan fingerprint density at radius 2 is 1.66 bits per heavy atom. The molecule has 0 spiro atoms. The minimum absolute atomic E-state index is 0.0426. The van der Waals surface area contributed by atoms with Crippen LogP contribution in [0.2, 0.25) is 0 Å². The molecule has 0 aliphatic carbocycles. The number of fused-ring (bicyclic) bond motifs is 3. The van der Waals surface area contributed by atoms with E-state index in [4.69, 9.17) is 9.47 Å². The molecule has 8 heteroatoms. The maximum Gasteiger partial charge on any atom is 0.271 e. The van der Waals surface area contributed by atoms with Crippen molar-refractivity contribution in [3.05, 3.63) is 66.2 Å². The van der Waals surface area contributed by atoms with Crippen LogP contribution in [0.5, 0.6) is 11.5 Å². The normalized spacial score (nSPS) is 11.5. The molecule has 0 saturated heterocycles. The van der Waals surface area contributed by atoms with Gasteiger partial charge in [0.25, 0.3) is 5.91 Å². The number of methoxy groups -OCH3 is 2. The number of hydrogen-bond acceptors (Lipinski definition) is 5. The lowest BCUT2D eigenvalue weighted by atomic mass is 10.1. The second-order valence-corrected chi connectivity index (χ2v) is 8.08. The molecule has 0 aliphatic rings. The van der Waals surface area contributed by atoms with Gasteiger partial charge in [-0.3, -0.25) is 9.59 Å². The highest BCUT2D eigenvalue weighted by molar-refractivity contribution is 6.11. The number of aromatic nitrogens is 1. The van der Waals surface area contributed by atoms with Crippen LogP contribution in [0.4, 0.5) is 5.69 Å². The van der Waals surface area contributed by atoms with Crippen LogP contribution in [0, 0.1) is 0 Å². The zero-order chi connectivity index (χ0) is 24.9. The van der Waals surface area contributed by atoms with Crippen LogP contribution >= 0.6 is 0 Å². The van der Waals surface area contributed by atoms with Crippen LogP contribution in [0.3, 0.4) is 0 Å². The van der Waals surface area contributed by atoms with Gasteiger partial charge in [0.1, 0.15) is 0 Å². The minimum Gasteiger partial charge on any atom is -0.493 e. The lowest BCUT2D eigenvalue weighted by Gasteiger charge is -2.09. The van der Waals surface area contributed by atoms with Gasteiger partial charge >= 0.3 is 0 Å². The molecule has 0 aliphatic heterocycles. The van der Waals surface area contributed by atoms with Crippen molar-refractivity contribution >= 4 is 45.0 Å². The van der Waals surface area contributed by atoms with Gasteiger partial charge in [-0.2, -0.15) is 5.10 Å². The zero-order valence-electron chi connectivity index (χ0n) is 20.2. The molecule has 180 valence electrons. The molecule has 0 saturated carbocycles. The fraction of sp³-hybridized carbons (Fsp3) is 0.222. The van der Waals surface area contributed by atoms with E-state index in [-0.39, 0.29) is 12.3 Å². The lowest BCUT2D eigenvalue weighted by molar-refractivity contribution is -0.115. The third-order valence-corrected chi connectivity index (χ3v) is 5.78. The maximum atomic E-state index is 12.6. The van der Waals surface area contributed by atoms with E-state index in [1.54, 1.807) is 25.1 Å². The molecule has 4 rings (SSSR count). The van der Waals surface area contributed by atoms with Crippen molar-refractivity contribution in [2.75, 3.05) is 19.5 Å². The van der Waals surface area contributed by atoms with Gasteiger partial charge in [0.15, 0.2) is 11.5 Å². The van der Waals surface area contributed by atoms with E-state index in [0.717, 1.165) is 22.8 Å². The van der Waals surface area contributed by atoms with Crippen molar-refractivity contribution in [3.63, 3.8) is 0 Å². The monoisotopic (exact) mass is 472 g/mol. The van der Waals surface area contributed by atoms with Gasteiger partial charge in [0, 0.05) is 45.3 Å². The van der Waals surface area contributed by atoms with Crippen LogP contribution < -0.4 is 20.2 Å². The molecule has 0 fully saturated rings. The Morgan fingerprint density at radius 3 is 2.40 bits per heavy atom. The molecule has 35 heavy (non-hydrogen) atoms. The number of nitrogens with zero attached hydrogens (tertiary/aromatic N) is 2. The first-order valence-electron chi connectivity index (χ1n) is 11.3. The fourth-order valence-electron chi connectivity index (χ4n) is 4.14. The molecule has 3 aromatic carbocycles. The number of nitrogens with one attached hydrogen (secondary N) is 2. The number of aryl methyl sites for hydroxylation is 1. The molecule has 0 unspecified atom stereocenters. The predicted octanol–water partition coefficient (Wildman–Crippen LogP) is 4.97. The highest BCUT2D eigenvalue weighted by Gasteiger charge is 2.13. The van der Waals surface area contributed by atoms with Gasteiger partial charge in [0.2, 0.25) is 5.91 Å². The number of anilines is 1. The predicted molar refractivity (Wildman–Crippen MR) is 138 cm³/mol. The van der Waals surface area contributed by atoms with E-state index in [0.29, 0.717) is 28.5 Å². The molecule has 0 atom stereocenters. The van der Waals surface area contributed by atoms with E-state index >= 15 is 0 Å². The fourth-order valence-corrected chi connectivity index (χ4v) is 4.14. The highest BCUT2D eigenvalue weighted by atomic mass is 16.5. The third kappa shape index (κ3) is 4.96. The zero-order valence-corrected chi connectivity index (χ0v) is 20.2. The van der Waals surface area contributed by atoms with Gasteiger partial charge in [-0.15, -0.1) is 0 Å². The Hall–Kier alpha value is -4.33. The van der Waals surface area contributed by atoms with E-state index in [1.165, 1.54) is 19.7 Å². The van der Waals surface area contributed by atoms with E-state index in [9.17, 15) is 9.59 Å². The Bertz CT molecular complexity index is 1440. The summed E-state index contributed by atoms with van der Waals surface area (Å²) in [7, 11) is 3.03. The van der Waals surface area contributed by atoms with Crippen LogP contribution in [0.1, 0.15) is 30.6 Å². The Morgan fingerprint density at radius 1 is 0.914 bits per heavy atom. The van der Waals surface area contributed by atoms with Gasteiger partial charge in [-0.05, 0) is 56.3 Å². The van der Waals surface area contributed by atoms with Crippen LogP contribution in [0.15, 0.2) is 65.8 Å². The summed E-state index contributed by atoms with van der Waals surface area (Å²) in [5.74, 6) is 0.339. The first kappa shape index (κ1) is 23.8. The largest absolute Gasteiger partial charge is 0.493 e. The van der Waals surface area contributed by atoms with Crippen molar-refractivity contribution in [2.24, 2.45) is 5.10 Å². The van der Waals surface area contributed by atoms with Gasteiger partial charge in [-0.25, -0.2) is 5.43 Å². The summed E-state index contributed by atoms with van der Waals surface area (Å²) in [4.78, 5) is 25.0. The molecule has 1 aromatic heterocycles. The average molecular weight is 473 g/mol. The molecule has 1 heterocycles. The van der Waals surface area contributed by atoms with Crippen LogP contribution in [0.25, 0.3) is 21.8 Å². The Balaban J connectivity index is 1.42. The summed E-state index contributed by atoms with van der Waals surface area (Å²) >= 11 is 0. The number of rotatable bonds is 8. The molecular formula is C27H28N4O4. The SMILES string of the molecule is CCn1c2ccccc2c2cc(NC(=O)C/C(C)=N/NC(=O)c3ccc(OC)c(OC)c3)ccc21. The van der Waals surface area contributed by atoms with Crippen molar-refractivity contribution in [1.29, 1.82) is 0 Å². The van der Waals surface area contributed by atoms with Crippen LogP contribution in [-0.2, 0) is 11.3 Å². The molecule has 0 bridgehead atoms. The number of hydrazone groups is 1. The topological polar surface area (TPSA) is 94.0 Å². The molecule has 2 N–H and O–H groups in total. The summed E-state index contributed by atoms with van der Waals surface area (Å²) in [6.07, 6.45) is 0.0426. The van der Waals surface area contributed by atoms with Crippen molar-refractivity contribution < 1.29 is 19.1 Å². The number of ether oxygens (including phenoxy) is 2. The first-order chi connectivity index (χ1) is 16.9. The van der Waals surface area contributed by atoms with E-state index in [2.05, 4.69) is 39.5 Å². The van der Waals surface area contributed by atoms with E-state index < -0.39 is 5.91 Å². The number of para-hydroxylation sites is 1. The standard InChI is InChI=1S/C27H28N4O4/c1-5-31-22-9-7-6-8-20(22)21-16-19(11-12-23(21)31)28-26(32)14-17(2)29-30-27(33)18-10-13-24(34-3)25(15-18)35-4/h6-13,15-16H,5,14H2,1-4H3,(H,28,32)(H,30,33)/b29-17+. The Kier molecular flexibility index (Phi) is 7.01. The average Bonchev–Trinajstić information content (AvgIpc) is 3.19. The van der Waals surface area contributed by atoms with E-state index in [1.807, 2.05) is 30.3 Å². The molecule has 0 radical (unpaired) electrons. The van der Waals surface area contributed by atoms with Gasteiger partial charge in [-0.1, -0.05) is 18.2 Å². The number of benzene rings is 3. The molecular weight excluding hydrogens is 444 g/mol. The second kappa shape index (κ2) is 10.3. The summed E-state index contributed by atoms with van der Waals surface area (Å²) in [6, 6.07) is 19.0. The molecule has 2 amide bonds. The third-order valence-electron chi connectivity index (χ3n) is 5.78. The van der Waals surface area contributed by atoms with Crippen molar-refractivity contribution in [3.8, 4) is 11.5 Å². The minimum atomic E-state index is -0.413. The van der Waals surface area contributed by atoms with Gasteiger partial charge in [0.05, 0.1) is 20.6 Å². The molecule has 4 aromatic rings. The Labute approximate surface area is 203 Å². The highest BCUT2D eigenvalue weighted by Crippen LogP contribution is 2.31. The summed E-state index contributed by atoms with van der Waals surface area (Å²) < 4.78 is 12.7. The second-order valence-electron chi connectivity index (χ2n) is 8.08. The van der Waals surface area contributed by atoms with Crippen molar-refractivity contribution in [1.82, 2.24) is 9.99 Å². The smallest absolute Gasteiger partial charge is 0.271 e. The maximum absolute atomic E-state index is 12.6. The number of hydrogen-bond donors (Lipinski definition) is 2. The first-order valence-corrected chi connectivity index (χ1v) is 11.3. The quantitative estimate of drug-likeness (QED) is 0.280. The summed E-state index contributed by atoms with van der Waals surface area (Å²) in [5, 5.41) is 9.24.